The summed E-state index contributed by atoms with van der Waals surface area (Å²) in [5.41, 5.74) is 1.40. The minimum absolute atomic E-state index is 0.353. The predicted molar refractivity (Wildman–Crippen MR) is 73.3 cm³/mol. The van der Waals surface area contributed by atoms with Crippen molar-refractivity contribution in [1.82, 2.24) is 4.90 Å². The van der Waals surface area contributed by atoms with Crippen LogP contribution in [-0.4, -0.2) is 41.8 Å². The van der Waals surface area contributed by atoms with Gasteiger partial charge >= 0.3 is 5.97 Å². The lowest BCUT2D eigenvalue weighted by atomic mass is 9.88. The van der Waals surface area contributed by atoms with Crippen LogP contribution in [0.15, 0.2) is 24.3 Å². The van der Waals surface area contributed by atoms with Gasteiger partial charge in [0, 0.05) is 19.2 Å². The molecule has 104 valence electrons. The fraction of sp³-hybridized carbons (Fsp3) is 0.533. The zero-order valence-corrected chi connectivity index (χ0v) is 11.5. The smallest absolute Gasteiger partial charge is 0.335 e. The summed E-state index contributed by atoms with van der Waals surface area (Å²) < 4.78 is 5.55. The van der Waals surface area contributed by atoms with E-state index in [0.717, 1.165) is 31.6 Å². The van der Waals surface area contributed by atoms with Crippen LogP contribution >= 0.6 is 0 Å². The van der Waals surface area contributed by atoms with Crippen LogP contribution in [0, 0.1) is 0 Å². The average Bonchev–Trinajstić information content (AvgIpc) is 2.33. The number of benzene rings is 1. The molecule has 0 amide bonds. The highest BCUT2D eigenvalue weighted by molar-refractivity contribution is 5.87. The zero-order valence-electron chi connectivity index (χ0n) is 11.5. The van der Waals surface area contributed by atoms with Crippen LogP contribution in [0.3, 0.4) is 0 Å². The monoisotopic (exact) mass is 263 g/mol. The molecule has 1 saturated carbocycles. The Morgan fingerprint density at radius 1 is 1.47 bits per heavy atom. The predicted octanol–water partition coefficient (Wildman–Crippen LogP) is 2.38. The van der Waals surface area contributed by atoms with Gasteiger partial charge in [-0.1, -0.05) is 12.1 Å². The molecule has 1 fully saturated rings. The van der Waals surface area contributed by atoms with Crippen molar-refractivity contribution in [2.45, 2.75) is 38.5 Å². The summed E-state index contributed by atoms with van der Waals surface area (Å²) in [6.07, 6.45) is 2.55. The Balaban J connectivity index is 1.87. The first-order valence-electron chi connectivity index (χ1n) is 6.74. The number of hydrogen-bond acceptors (Lipinski definition) is 3. The van der Waals surface area contributed by atoms with Gasteiger partial charge in [0.2, 0.25) is 0 Å². The molecule has 0 bridgehead atoms. The quantitative estimate of drug-likeness (QED) is 0.856. The van der Waals surface area contributed by atoms with E-state index in [0.29, 0.717) is 17.7 Å². The van der Waals surface area contributed by atoms with Crippen molar-refractivity contribution in [1.29, 1.82) is 0 Å². The largest absolute Gasteiger partial charge is 0.478 e. The second-order valence-corrected chi connectivity index (χ2v) is 5.12. The number of carboxylic acids is 1. The van der Waals surface area contributed by atoms with Gasteiger partial charge < -0.3 is 9.84 Å². The summed E-state index contributed by atoms with van der Waals surface area (Å²) in [5, 5.41) is 8.97. The number of nitrogens with zero attached hydrogens (tertiary/aromatic N) is 1. The number of ether oxygens (including phenoxy) is 1. The molecule has 0 aromatic heterocycles. The molecule has 1 N–H and O–H groups in total. The Morgan fingerprint density at radius 2 is 2.21 bits per heavy atom. The number of aromatic carboxylic acids is 1. The first kappa shape index (κ1) is 14.0. The Kier molecular flexibility index (Phi) is 4.56. The standard InChI is InChI=1S/C15H21NO3/c1-3-19-14-8-13(9-14)16(2)10-11-5-4-6-12(7-11)15(17)18/h4-7,13-14H,3,8-10H2,1-2H3,(H,17,18). The third-order valence-corrected chi connectivity index (χ3v) is 3.70. The first-order valence-corrected chi connectivity index (χ1v) is 6.74. The molecule has 0 saturated heterocycles. The summed E-state index contributed by atoms with van der Waals surface area (Å²) in [6.45, 7) is 3.58. The SMILES string of the molecule is CCOC1CC(N(C)Cc2cccc(C(=O)O)c2)C1. The molecule has 19 heavy (non-hydrogen) atoms. The van der Waals surface area contributed by atoms with Crippen LogP contribution < -0.4 is 0 Å². The molecule has 4 nitrogen and oxygen atoms in total. The van der Waals surface area contributed by atoms with E-state index in [1.54, 1.807) is 18.2 Å². The molecule has 1 aromatic rings. The van der Waals surface area contributed by atoms with Crippen molar-refractivity contribution < 1.29 is 14.6 Å². The minimum atomic E-state index is -0.871. The Bertz CT molecular complexity index is 441. The summed E-state index contributed by atoms with van der Waals surface area (Å²) >= 11 is 0. The van der Waals surface area contributed by atoms with Crippen LogP contribution in [0.5, 0.6) is 0 Å². The van der Waals surface area contributed by atoms with Crippen LogP contribution in [0.25, 0.3) is 0 Å². The van der Waals surface area contributed by atoms with E-state index < -0.39 is 5.97 Å². The Hall–Kier alpha value is -1.39. The van der Waals surface area contributed by atoms with E-state index in [-0.39, 0.29) is 0 Å². The molecule has 1 aromatic carbocycles. The maximum Gasteiger partial charge on any atom is 0.335 e. The molecule has 0 atom stereocenters. The summed E-state index contributed by atoms with van der Waals surface area (Å²) in [7, 11) is 2.08. The average molecular weight is 263 g/mol. The number of hydrogen-bond donors (Lipinski definition) is 1. The normalized spacial score (nSPS) is 22.3. The van der Waals surface area contributed by atoms with Crippen LogP contribution in [-0.2, 0) is 11.3 Å². The topological polar surface area (TPSA) is 49.8 Å². The molecule has 4 heteroatoms. The highest BCUT2D eigenvalue weighted by Crippen LogP contribution is 2.28. The van der Waals surface area contributed by atoms with Crippen molar-refractivity contribution in [3.63, 3.8) is 0 Å². The summed E-state index contributed by atoms with van der Waals surface area (Å²) in [6, 6.07) is 7.69. The highest BCUT2D eigenvalue weighted by Gasteiger charge is 2.32. The van der Waals surface area contributed by atoms with Gasteiger partial charge in [0.15, 0.2) is 0 Å². The van der Waals surface area contributed by atoms with E-state index in [4.69, 9.17) is 9.84 Å². The van der Waals surface area contributed by atoms with Gasteiger partial charge in [0.1, 0.15) is 0 Å². The van der Waals surface area contributed by atoms with E-state index in [1.807, 2.05) is 13.0 Å². The second kappa shape index (κ2) is 6.17. The molecule has 0 radical (unpaired) electrons. The van der Waals surface area contributed by atoms with Crippen molar-refractivity contribution >= 4 is 5.97 Å². The van der Waals surface area contributed by atoms with E-state index in [1.165, 1.54) is 0 Å². The van der Waals surface area contributed by atoms with Crippen LogP contribution in [0.4, 0.5) is 0 Å². The van der Waals surface area contributed by atoms with Gasteiger partial charge in [0.05, 0.1) is 11.7 Å². The molecular formula is C15H21NO3. The van der Waals surface area contributed by atoms with Crippen molar-refractivity contribution in [3.8, 4) is 0 Å². The highest BCUT2D eigenvalue weighted by atomic mass is 16.5. The molecule has 0 aliphatic heterocycles. The lowest BCUT2D eigenvalue weighted by molar-refractivity contribution is -0.0419. The molecule has 0 heterocycles. The number of carboxylic acid groups (broad SMARTS) is 1. The van der Waals surface area contributed by atoms with E-state index in [9.17, 15) is 4.79 Å². The lowest BCUT2D eigenvalue weighted by Crippen LogP contribution is -2.46. The molecule has 1 aliphatic carbocycles. The first-order chi connectivity index (χ1) is 9.10. The van der Waals surface area contributed by atoms with Gasteiger partial charge in [-0.3, -0.25) is 4.90 Å². The Labute approximate surface area is 114 Å². The molecule has 0 spiro atoms. The summed E-state index contributed by atoms with van der Waals surface area (Å²) in [4.78, 5) is 13.2. The molecule has 1 aliphatic rings. The van der Waals surface area contributed by atoms with Gasteiger partial charge in [-0.2, -0.15) is 0 Å². The lowest BCUT2D eigenvalue weighted by Gasteiger charge is -2.40. The minimum Gasteiger partial charge on any atom is -0.478 e. The van der Waals surface area contributed by atoms with E-state index in [2.05, 4.69) is 11.9 Å². The van der Waals surface area contributed by atoms with Crippen LogP contribution in [0.1, 0.15) is 35.7 Å². The fourth-order valence-corrected chi connectivity index (χ4v) is 2.49. The van der Waals surface area contributed by atoms with Crippen LogP contribution in [0.2, 0.25) is 0 Å². The third kappa shape index (κ3) is 3.55. The van der Waals surface area contributed by atoms with Gasteiger partial charge in [-0.05, 0) is 44.5 Å². The Morgan fingerprint density at radius 3 is 2.84 bits per heavy atom. The molecular weight excluding hydrogens is 242 g/mol. The molecule has 0 unspecified atom stereocenters. The third-order valence-electron chi connectivity index (χ3n) is 3.70. The number of rotatable bonds is 6. The zero-order chi connectivity index (χ0) is 13.8. The summed E-state index contributed by atoms with van der Waals surface area (Å²) in [5.74, 6) is -0.871. The van der Waals surface area contributed by atoms with Crippen molar-refractivity contribution in [3.05, 3.63) is 35.4 Å². The van der Waals surface area contributed by atoms with E-state index >= 15 is 0 Å². The van der Waals surface area contributed by atoms with Crippen molar-refractivity contribution in [2.24, 2.45) is 0 Å². The van der Waals surface area contributed by atoms with Gasteiger partial charge in [-0.15, -0.1) is 0 Å². The van der Waals surface area contributed by atoms with Gasteiger partial charge in [0.25, 0.3) is 0 Å². The maximum absolute atomic E-state index is 10.9. The second-order valence-electron chi connectivity index (χ2n) is 5.12. The molecule has 2 rings (SSSR count). The fourth-order valence-electron chi connectivity index (χ4n) is 2.49. The number of carbonyl (C=O) groups is 1. The van der Waals surface area contributed by atoms with Crippen molar-refractivity contribution in [2.75, 3.05) is 13.7 Å². The van der Waals surface area contributed by atoms with Gasteiger partial charge in [-0.25, -0.2) is 4.79 Å². The maximum atomic E-state index is 10.9.